The number of anilines is 1. The van der Waals surface area contributed by atoms with Crippen molar-refractivity contribution >= 4 is 17.6 Å². The predicted molar refractivity (Wildman–Crippen MR) is 107 cm³/mol. The molecule has 0 aliphatic carbocycles. The number of aromatic hydroxyl groups is 1. The zero-order valence-electron chi connectivity index (χ0n) is 14.5. The fraction of sp³-hybridized carbons (Fsp3) is 0.190. The lowest BCUT2D eigenvalue weighted by Crippen LogP contribution is -2.00. The largest absolute Gasteiger partial charge is 0.507 e. The van der Waals surface area contributed by atoms with E-state index in [4.69, 9.17) is 0 Å². The molecule has 0 amide bonds. The van der Waals surface area contributed by atoms with Crippen LogP contribution in [0.2, 0.25) is 0 Å². The molecule has 128 valence electrons. The second kappa shape index (κ2) is 8.08. The number of nitrogens with zero attached hydrogens (tertiary/aromatic N) is 1. The first-order chi connectivity index (χ1) is 12.2. The van der Waals surface area contributed by atoms with Crippen molar-refractivity contribution in [3.63, 3.8) is 0 Å². The first-order valence-electron chi connectivity index (χ1n) is 8.48. The molecule has 0 bridgehead atoms. The Morgan fingerprint density at radius 2 is 1.72 bits per heavy atom. The highest BCUT2D eigenvalue weighted by Crippen LogP contribution is 2.33. The maximum atomic E-state index is 10.2. The first kappa shape index (κ1) is 17.4. The highest BCUT2D eigenvalue weighted by atomic mass is 32.2. The minimum atomic E-state index is 0.240. The van der Waals surface area contributed by atoms with Gasteiger partial charge in [-0.2, -0.15) is 0 Å². The van der Waals surface area contributed by atoms with Gasteiger partial charge < -0.3 is 10.4 Å². The molecule has 0 radical (unpaired) electrons. The number of phenolic OH excluding ortho intramolecular Hbond substituents is 1. The van der Waals surface area contributed by atoms with E-state index in [0.717, 1.165) is 40.5 Å². The summed E-state index contributed by atoms with van der Waals surface area (Å²) in [6, 6.07) is 20.0. The van der Waals surface area contributed by atoms with E-state index in [2.05, 4.69) is 47.6 Å². The normalized spacial score (nSPS) is 10.6. The third-order valence-electron chi connectivity index (χ3n) is 3.86. The van der Waals surface area contributed by atoms with Gasteiger partial charge in [0.1, 0.15) is 11.6 Å². The van der Waals surface area contributed by atoms with Gasteiger partial charge >= 0.3 is 0 Å². The molecule has 0 unspecified atom stereocenters. The summed E-state index contributed by atoms with van der Waals surface area (Å²) in [6.07, 6.45) is 0. The molecule has 4 heteroatoms. The van der Waals surface area contributed by atoms with Gasteiger partial charge in [0.15, 0.2) is 0 Å². The lowest BCUT2D eigenvalue weighted by Gasteiger charge is -2.11. The summed E-state index contributed by atoms with van der Waals surface area (Å²) in [5, 5.41) is 13.5. The SMILES string of the molecule is CCNc1cc(-c2ccc(SCC)cc2)cc(-c2ccccc2O)n1. The van der Waals surface area contributed by atoms with Gasteiger partial charge in [-0.3, -0.25) is 0 Å². The summed E-state index contributed by atoms with van der Waals surface area (Å²) in [5.41, 5.74) is 3.72. The van der Waals surface area contributed by atoms with Gasteiger partial charge in [-0.15, -0.1) is 11.8 Å². The molecule has 0 atom stereocenters. The zero-order chi connectivity index (χ0) is 17.6. The van der Waals surface area contributed by atoms with Crippen LogP contribution >= 0.6 is 11.8 Å². The Labute approximate surface area is 153 Å². The molecule has 3 aromatic rings. The quantitative estimate of drug-likeness (QED) is 0.563. The molecule has 2 N–H and O–H groups in total. The minimum absolute atomic E-state index is 0.240. The lowest BCUT2D eigenvalue weighted by atomic mass is 10.0. The highest BCUT2D eigenvalue weighted by molar-refractivity contribution is 7.99. The van der Waals surface area contributed by atoms with E-state index < -0.39 is 0 Å². The van der Waals surface area contributed by atoms with Gasteiger partial charge in [-0.1, -0.05) is 31.2 Å². The van der Waals surface area contributed by atoms with Gasteiger partial charge in [0, 0.05) is 17.0 Å². The summed E-state index contributed by atoms with van der Waals surface area (Å²) in [4.78, 5) is 5.92. The van der Waals surface area contributed by atoms with Gasteiger partial charge in [0.25, 0.3) is 0 Å². The zero-order valence-corrected chi connectivity index (χ0v) is 15.3. The van der Waals surface area contributed by atoms with E-state index >= 15 is 0 Å². The Balaban J connectivity index is 2.05. The van der Waals surface area contributed by atoms with Crippen molar-refractivity contribution < 1.29 is 5.11 Å². The summed E-state index contributed by atoms with van der Waals surface area (Å²) in [6.45, 7) is 5.00. The first-order valence-corrected chi connectivity index (χ1v) is 9.47. The van der Waals surface area contributed by atoms with E-state index in [1.807, 2.05) is 43.0 Å². The summed E-state index contributed by atoms with van der Waals surface area (Å²) >= 11 is 1.83. The van der Waals surface area contributed by atoms with Gasteiger partial charge in [0.2, 0.25) is 0 Å². The average Bonchev–Trinajstić information content (AvgIpc) is 2.63. The van der Waals surface area contributed by atoms with Crippen molar-refractivity contribution in [2.45, 2.75) is 18.7 Å². The van der Waals surface area contributed by atoms with Crippen LogP contribution in [0.1, 0.15) is 13.8 Å². The van der Waals surface area contributed by atoms with Crippen LogP contribution in [0, 0.1) is 0 Å². The summed E-state index contributed by atoms with van der Waals surface area (Å²) in [5.74, 6) is 2.12. The highest BCUT2D eigenvalue weighted by Gasteiger charge is 2.10. The number of phenols is 1. The van der Waals surface area contributed by atoms with Gasteiger partial charge in [0.05, 0.1) is 5.69 Å². The predicted octanol–water partition coefficient (Wildman–Crippen LogP) is 5.67. The monoisotopic (exact) mass is 350 g/mol. The lowest BCUT2D eigenvalue weighted by molar-refractivity contribution is 0.477. The van der Waals surface area contributed by atoms with Crippen LogP contribution in [0.4, 0.5) is 5.82 Å². The number of pyridine rings is 1. The van der Waals surface area contributed by atoms with Crippen LogP contribution in [0.25, 0.3) is 22.4 Å². The van der Waals surface area contributed by atoms with E-state index in [1.54, 1.807) is 6.07 Å². The second-order valence-electron chi connectivity index (χ2n) is 5.63. The van der Waals surface area contributed by atoms with Crippen LogP contribution in [0.5, 0.6) is 5.75 Å². The van der Waals surface area contributed by atoms with Crippen molar-refractivity contribution in [3.05, 3.63) is 60.7 Å². The number of thioether (sulfide) groups is 1. The summed E-state index contributed by atoms with van der Waals surface area (Å²) in [7, 11) is 0. The minimum Gasteiger partial charge on any atom is -0.507 e. The molecule has 1 aromatic heterocycles. The Kier molecular flexibility index (Phi) is 5.61. The van der Waals surface area contributed by atoms with Crippen molar-refractivity contribution in [1.82, 2.24) is 4.98 Å². The molecule has 0 spiro atoms. The van der Waals surface area contributed by atoms with E-state index in [1.165, 1.54) is 4.90 Å². The molecule has 0 aliphatic heterocycles. The van der Waals surface area contributed by atoms with Crippen LogP contribution in [0.3, 0.4) is 0 Å². The number of hydrogen-bond acceptors (Lipinski definition) is 4. The van der Waals surface area contributed by atoms with Crippen LogP contribution in [-0.2, 0) is 0 Å². The summed E-state index contributed by atoms with van der Waals surface area (Å²) < 4.78 is 0. The fourth-order valence-corrected chi connectivity index (χ4v) is 3.37. The molecule has 1 heterocycles. The number of para-hydroxylation sites is 1. The number of aromatic nitrogens is 1. The molecule has 25 heavy (non-hydrogen) atoms. The smallest absolute Gasteiger partial charge is 0.127 e. The standard InChI is InChI=1S/C21H22N2OS/c1-3-22-21-14-16(15-9-11-17(12-10-15)25-4-2)13-19(23-21)18-7-5-6-8-20(18)24/h5-14,24H,3-4H2,1-2H3,(H,22,23). The number of nitrogens with one attached hydrogen (secondary N) is 1. The molecular formula is C21H22N2OS. The van der Waals surface area contributed by atoms with Crippen molar-refractivity contribution in [2.24, 2.45) is 0 Å². The Hall–Kier alpha value is -2.46. The molecule has 3 rings (SSSR count). The maximum Gasteiger partial charge on any atom is 0.127 e. The topological polar surface area (TPSA) is 45.1 Å². The van der Waals surface area contributed by atoms with E-state index in [-0.39, 0.29) is 5.75 Å². The third-order valence-corrected chi connectivity index (χ3v) is 4.76. The van der Waals surface area contributed by atoms with Crippen LogP contribution in [0.15, 0.2) is 65.6 Å². The molecule has 0 saturated heterocycles. The number of hydrogen-bond donors (Lipinski definition) is 2. The molecule has 2 aromatic carbocycles. The van der Waals surface area contributed by atoms with Crippen molar-refractivity contribution in [3.8, 4) is 28.1 Å². The van der Waals surface area contributed by atoms with E-state index in [0.29, 0.717) is 0 Å². The third kappa shape index (κ3) is 4.15. The fourth-order valence-electron chi connectivity index (χ4n) is 2.71. The van der Waals surface area contributed by atoms with Crippen molar-refractivity contribution in [2.75, 3.05) is 17.6 Å². The number of benzene rings is 2. The molecule has 0 aliphatic rings. The molecular weight excluding hydrogens is 328 g/mol. The Morgan fingerprint density at radius 3 is 2.40 bits per heavy atom. The van der Waals surface area contributed by atoms with Gasteiger partial charge in [-0.25, -0.2) is 4.98 Å². The second-order valence-corrected chi connectivity index (χ2v) is 6.97. The van der Waals surface area contributed by atoms with Crippen LogP contribution in [-0.4, -0.2) is 22.4 Å². The van der Waals surface area contributed by atoms with Crippen LogP contribution < -0.4 is 5.32 Å². The molecule has 3 nitrogen and oxygen atoms in total. The molecule has 0 fully saturated rings. The van der Waals surface area contributed by atoms with E-state index in [9.17, 15) is 5.11 Å². The van der Waals surface area contributed by atoms with Crippen molar-refractivity contribution in [1.29, 1.82) is 0 Å². The Bertz CT molecular complexity index is 847. The average molecular weight is 350 g/mol. The Morgan fingerprint density at radius 1 is 0.960 bits per heavy atom. The number of rotatable bonds is 6. The van der Waals surface area contributed by atoms with Gasteiger partial charge in [-0.05, 0) is 60.2 Å². The molecule has 0 saturated carbocycles. The maximum absolute atomic E-state index is 10.2.